The normalized spacial score (nSPS) is 12.8. The van der Waals surface area contributed by atoms with Gasteiger partial charge in [-0.1, -0.05) is 25.3 Å². The molecule has 0 unspecified atom stereocenters. The predicted molar refractivity (Wildman–Crippen MR) is 66.3 cm³/mol. The lowest BCUT2D eigenvalue weighted by atomic mass is 10.3. The molecular weight excluding hydrogens is 248 g/mol. The molecule has 6 heteroatoms. The van der Waals surface area contributed by atoms with Crippen molar-refractivity contribution in [3.8, 4) is 0 Å². The molecule has 16 heavy (non-hydrogen) atoms. The van der Waals surface area contributed by atoms with Gasteiger partial charge >= 0.3 is 0 Å². The van der Waals surface area contributed by atoms with Gasteiger partial charge < -0.3 is 0 Å². The van der Waals surface area contributed by atoms with Crippen LogP contribution in [0.3, 0.4) is 0 Å². The van der Waals surface area contributed by atoms with Crippen LogP contribution in [0, 0.1) is 0 Å². The SMILES string of the molecule is C=CS(=O)(=O)CCC=CCCS(=O)(=O)C=C. The molecule has 0 bridgehead atoms. The maximum atomic E-state index is 11.0. The van der Waals surface area contributed by atoms with Gasteiger partial charge in [0.1, 0.15) is 0 Å². The fourth-order valence-electron chi connectivity index (χ4n) is 0.867. The largest absolute Gasteiger partial charge is 0.224 e. The Balaban J connectivity index is 3.90. The fraction of sp³-hybridized carbons (Fsp3) is 0.400. The quantitative estimate of drug-likeness (QED) is 0.622. The Morgan fingerprint density at radius 1 is 0.750 bits per heavy atom. The summed E-state index contributed by atoms with van der Waals surface area (Å²) in [6.45, 7) is 6.38. The molecule has 92 valence electrons. The minimum atomic E-state index is -3.16. The molecule has 0 spiro atoms. The molecule has 0 aliphatic rings. The van der Waals surface area contributed by atoms with Crippen molar-refractivity contribution >= 4 is 19.7 Å². The smallest absolute Gasteiger partial charge is 0.171 e. The van der Waals surface area contributed by atoms with Crippen molar-refractivity contribution in [3.63, 3.8) is 0 Å². The first-order valence-electron chi connectivity index (χ1n) is 4.68. The van der Waals surface area contributed by atoms with E-state index in [2.05, 4.69) is 13.2 Å². The molecule has 0 atom stereocenters. The van der Waals surface area contributed by atoms with E-state index < -0.39 is 19.7 Å². The van der Waals surface area contributed by atoms with Crippen molar-refractivity contribution in [2.75, 3.05) is 11.5 Å². The molecule has 0 rings (SSSR count). The van der Waals surface area contributed by atoms with Crippen LogP contribution < -0.4 is 0 Å². The maximum absolute atomic E-state index is 11.0. The Labute approximate surface area is 97.2 Å². The predicted octanol–water partition coefficient (Wildman–Crippen LogP) is 1.44. The summed E-state index contributed by atoms with van der Waals surface area (Å²) in [5, 5.41) is 1.84. The highest BCUT2D eigenvalue weighted by atomic mass is 32.2. The van der Waals surface area contributed by atoms with Gasteiger partial charge in [0.2, 0.25) is 0 Å². The molecule has 0 aromatic heterocycles. The summed E-state index contributed by atoms with van der Waals surface area (Å²) >= 11 is 0. The fourth-order valence-corrected chi connectivity index (χ4v) is 2.13. The zero-order chi connectivity index (χ0) is 12.7. The molecule has 0 aliphatic heterocycles. The molecule has 0 fully saturated rings. The van der Waals surface area contributed by atoms with Crippen LogP contribution in [0.4, 0.5) is 0 Å². The van der Waals surface area contributed by atoms with Crippen molar-refractivity contribution in [2.45, 2.75) is 12.8 Å². The molecule has 0 amide bonds. The van der Waals surface area contributed by atoms with Crippen molar-refractivity contribution in [3.05, 3.63) is 36.1 Å². The lowest BCUT2D eigenvalue weighted by Crippen LogP contribution is -2.01. The van der Waals surface area contributed by atoms with Gasteiger partial charge in [0.05, 0.1) is 11.5 Å². The van der Waals surface area contributed by atoms with Crippen LogP contribution in [0.2, 0.25) is 0 Å². The monoisotopic (exact) mass is 264 g/mol. The van der Waals surface area contributed by atoms with Crippen LogP contribution in [0.25, 0.3) is 0 Å². The van der Waals surface area contributed by atoms with Crippen LogP contribution >= 0.6 is 0 Å². The van der Waals surface area contributed by atoms with Gasteiger partial charge in [-0.05, 0) is 12.8 Å². The van der Waals surface area contributed by atoms with E-state index in [0.717, 1.165) is 10.8 Å². The third-order valence-corrected chi connectivity index (χ3v) is 4.44. The highest BCUT2D eigenvalue weighted by Crippen LogP contribution is 1.99. The van der Waals surface area contributed by atoms with Crippen molar-refractivity contribution in [1.82, 2.24) is 0 Å². The summed E-state index contributed by atoms with van der Waals surface area (Å²) in [7, 11) is -6.32. The molecule has 4 nitrogen and oxygen atoms in total. The molecule has 0 saturated heterocycles. The summed E-state index contributed by atoms with van der Waals surface area (Å²) in [6.07, 6.45) is 4.03. The minimum Gasteiger partial charge on any atom is -0.224 e. The van der Waals surface area contributed by atoms with E-state index in [1.807, 2.05) is 0 Å². The molecule has 0 saturated carbocycles. The molecule has 0 N–H and O–H groups in total. The number of allylic oxidation sites excluding steroid dienone is 2. The lowest BCUT2D eigenvalue weighted by molar-refractivity contribution is 0.602. The molecule has 0 radical (unpaired) electrons. The van der Waals surface area contributed by atoms with E-state index in [9.17, 15) is 16.8 Å². The molecule has 0 heterocycles. The number of sulfone groups is 2. The second-order valence-corrected chi connectivity index (χ2v) is 7.25. The summed E-state index contributed by atoms with van der Waals surface area (Å²) in [5.74, 6) is 0.00240. The lowest BCUT2D eigenvalue weighted by Gasteiger charge is -1.94. The zero-order valence-electron chi connectivity index (χ0n) is 9.00. The number of hydrogen-bond donors (Lipinski definition) is 0. The van der Waals surface area contributed by atoms with E-state index in [1.165, 1.54) is 0 Å². The number of rotatable bonds is 8. The Bertz CT molecular complexity index is 411. The average molecular weight is 264 g/mol. The zero-order valence-corrected chi connectivity index (χ0v) is 10.6. The summed E-state index contributed by atoms with van der Waals surface area (Å²) < 4.78 is 43.9. The Morgan fingerprint density at radius 3 is 1.31 bits per heavy atom. The van der Waals surface area contributed by atoms with Gasteiger partial charge in [-0.15, -0.1) is 0 Å². The Hall–Kier alpha value is -0.880. The molecule has 0 aromatic carbocycles. The van der Waals surface area contributed by atoms with E-state index in [1.54, 1.807) is 12.2 Å². The van der Waals surface area contributed by atoms with E-state index >= 15 is 0 Å². The van der Waals surface area contributed by atoms with Crippen molar-refractivity contribution < 1.29 is 16.8 Å². The topological polar surface area (TPSA) is 68.3 Å². The summed E-state index contributed by atoms with van der Waals surface area (Å²) in [6, 6.07) is 0. The van der Waals surface area contributed by atoms with Crippen molar-refractivity contribution in [2.24, 2.45) is 0 Å². The van der Waals surface area contributed by atoms with E-state index in [4.69, 9.17) is 0 Å². The van der Waals surface area contributed by atoms with Gasteiger partial charge in [-0.3, -0.25) is 0 Å². The first-order valence-corrected chi connectivity index (χ1v) is 8.11. The standard InChI is InChI=1S/C10H16O4S2/c1-3-15(11,12)9-7-5-6-8-10-16(13,14)4-2/h3-6H,1-2,7-10H2. The van der Waals surface area contributed by atoms with Crippen LogP contribution in [-0.4, -0.2) is 28.3 Å². The van der Waals surface area contributed by atoms with Gasteiger partial charge in [0.25, 0.3) is 0 Å². The van der Waals surface area contributed by atoms with Gasteiger partial charge in [0, 0.05) is 10.8 Å². The second-order valence-electron chi connectivity index (χ2n) is 3.12. The van der Waals surface area contributed by atoms with Crippen LogP contribution in [0.1, 0.15) is 12.8 Å². The third kappa shape index (κ3) is 7.42. The van der Waals surface area contributed by atoms with Crippen LogP contribution in [0.15, 0.2) is 36.1 Å². The first-order chi connectivity index (χ1) is 7.33. The average Bonchev–Trinajstić information content (AvgIpc) is 2.23. The minimum absolute atomic E-state index is 0.00120. The first kappa shape index (κ1) is 15.1. The maximum Gasteiger partial charge on any atom is 0.171 e. The third-order valence-electron chi connectivity index (χ3n) is 1.81. The van der Waals surface area contributed by atoms with Gasteiger partial charge in [-0.2, -0.15) is 0 Å². The summed E-state index contributed by atoms with van der Waals surface area (Å²) in [4.78, 5) is 0. The highest BCUT2D eigenvalue weighted by molar-refractivity contribution is 7.94. The van der Waals surface area contributed by atoms with E-state index in [0.29, 0.717) is 12.8 Å². The van der Waals surface area contributed by atoms with Gasteiger partial charge in [-0.25, -0.2) is 16.8 Å². The van der Waals surface area contributed by atoms with Crippen LogP contribution in [-0.2, 0) is 19.7 Å². The Morgan fingerprint density at radius 2 is 1.06 bits per heavy atom. The van der Waals surface area contributed by atoms with Gasteiger partial charge in [0.15, 0.2) is 19.7 Å². The summed E-state index contributed by atoms with van der Waals surface area (Å²) in [5.41, 5.74) is 0. The Kier molecular flexibility index (Phi) is 6.28. The van der Waals surface area contributed by atoms with Crippen LogP contribution in [0.5, 0.6) is 0 Å². The van der Waals surface area contributed by atoms with Crippen molar-refractivity contribution in [1.29, 1.82) is 0 Å². The highest BCUT2D eigenvalue weighted by Gasteiger charge is 2.03. The molecule has 0 aliphatic carbocycles. The van der Waals surface area contributed by atoms with E-state index in [-0.39, 0.29) is 11.5 Å². The second kappa shape index (κ2) is 6.65. The molecular formula is C10H16O4S2. The number of hydrogen-bond acceptors (Lipinski definition) is 4. The molecule has 0 aromatic rings.